The van der Waals surface area contributed by atoms with E-state index in [0.717, 1.165) is 41.8 Å². The number of aryl methyl sites for hydroxylation is 2. The number of carbonyl (C=O) groups excluding carboxylic acids is 2. The third-order valence-electron chi connectivity index (χ3n) is 5.45. The molecule has 6 heteroatoms. The lowest BCUT2D eigenvalue weighted by atomic mass is 9.87. The zero-order valence-corrected chi connectivity index (χ0v) is 15.3. The number of amides is 2. The number of piperazine rings is 1. The molecule has 1 aromatic heterocycles. The van der Waals surface area contributed by atoms with Gasteiger partial charge in [0, 0.05) is 30.0 Å². The second kappa shape index (κ2) is 6.59. The number of anilines is 1. The largest absolute Gasteiger partial charge is 0.326 e. The first-order valence-electron chi connectivity index (χ1n) is 9.25. The van der Waals surface area contributed by atoms with Crippen LogP contribution in [0.25, 0.3) is 0 Å². The number of hydrogen-bond acceptors (Lipinski definition) is 3. The first-order chi connectivity index (χ1) is 12.5. The molecule has 2 aliphatic rings. The van der Waals surface area contributed by atoms with Crippen LogP contribution in [0.5, 0.6) is 0 Å². The molecule has 1 N–H and O–H groups in total. The van der Waals surface area contributed by atoms with Crippen LogP contribution in [0, 0.1) is 12.8 Å². The predicted octanol–water partition coefficient (Wildman–Crippen LogP) is 2.33. The van der Waals surface area contributed by atoms with Crippen LogP contribution in [0.2, 0.25) is 0 Å². The molecule has 0 saturated carbocycles. The summed E-state index contributed by atoms with van der Waals surface area (Å²) in [7, 11) is 0. The van der Waals surface area contributed by atoms with Crippen LogP contribution in [-0.2, 0) is 17.6 Å². The predicted molar refractivity (Wildman–Crippen MR) is 99.2 cm³/mol. The van der Waals surface area contributed by atoms with E-state index < -0.39 is 0 Å². The van der Waals surface area contributed by atoms with E-state index in [-0.39, 0.29) is 18.4 Å². The first-order valence-corrected chi connectivity index (χ1v) is 9.25. The van der Waals surface area contributed by atoms with Crippen LogP contribution in [0.3, 0.4) is 0 Å². The zero-order valence-electron chi connectivity index (χ0n) is 15.3. The Bertz CT molecular complexity index is 840. The average Bonchev–Trinajstić information content (AvgIpc) is 3.05. The molecule has 0 radical (unpaired) electrons. The van der Waals surface area contributed by atoms with E-state index in [2.05, 4.69) is 17.1 Å². The average molecular weight is 352 g/mol. The van der Waals surface area contributed by atoms with Crippen molar-refractivity contribution in [2.24, 2.45) is 5.92 Å². The van der Waals surface area contributed by atoms with E-state index in [1.807, 2.05) is 31.2 Å². The molecule has 0 spiro atoms. The van der Waals surface area contributed by atoms with Crippen LogP contribution in [0.15, 0.2) is 24.3 Å². The number of aromatic nitrogens is 2. The molecule has 1 aromatic carbocycles. The van der Waals surface area contributed by atoms with Crippen molar-refractivity contribution in [2.75, 3.05) is 24.5 Å². The summed E-state index contributed by atoms with van der Waals surface area (Å²) in [5.41, 5.74) is 4.67. The summed E-state index contributed by atoms with van der Waals surface area (Å²) < 4.78 is 0. The highest BCUT2D eigenvalue weighted by Crippen LogP contribution is 2.27. The second-order valence-electron chi connectivity index (χ2n) is 7.48. The Morgan fingerprint density at radius 2 is 2.00 bits per heavy atom. The summed E-state index contributed by atoms with van der Waals surface area (Å²) in [6, 6.07) is 7.90. The third kappa shape index (κ3) is 3.00. The minimum absolute atomic E-state index is 0.0498. The maximum atomic E-state index is 12.9. The molecule has 2 amide bonds. The molecule has 2 aromatic rings. The number of H-pyrrole nitrogens is 1. The number of nitrogens with zero attached hydrogens (tertiary/aromatic N) is 3. The van der Waals surface area contributed by atoms with Gasteiger partial charge in [-0.25, -0.2) is 0 Å². The minimum Gasteiger partial charge on any atom is -0.326 e. The number of carbonyl (C=O) groups is 2. The Kier molecular flexibility index (Phi) is 4.26. The molecule has 2 heterocycles. The van der Waals surface area contributed by atoms with Gasteiger partial charge >= 0.3 is 0 Å². The minimum atomic E-state index is -0.131. The van der Waals surface area contributed by atoms with Crippen LogP contribution in [0.1, 0.15) is 40.7 Å². The van der Waals surface area contributed by atoms with E-state index >= 15 is 0 Å². The quantitative estimate of drug-likeness (QED) is 0.902. The number of benzene rings is 1. The molecule has 1 atom stereocenters. The first kappa shape index (κ1) is 16.8. The third-order valence-corrected chi connectivity index (χ3v) is 5.45. The maximum Gasteiger partial charge on any atom is 0.275 e. The second-order valence-corrected chi connectivity index (χ2v) is 7.48. The number of fused-ring (bicyclic) bond motifs is 1. The molecule has 0 bridgehead atoms. The molecular weight excluding hydrogens is 328 g/mol. The number of rotatable bonds is 2. The molecule has 1 saturated heterocycles. The summed E-state index contributed by atoms with van der Waals surface area (Å²) in [5, 5.41) is 7.30. The van der Waals surface area contributed by atoms with Gasteiger partial charge in [-0.1, -0.05) is 24.6 Å². The van der Waals surface area contributed by atoms with Gasteiger partial charge in [-0.3, -0.25) is 14.7 Å². The summed E-state index contributed by atoms with van der Waals surface area (Å²) in [6.07, 6.45) is 2.94. The number of hydrogen-bond donors (Lipinski definition) is 1. The molecule has 136 valence electrons. The van der Waals surface area contributed by atoms with Gasteiger partial charge in [-0.15, -0.1) is 0 Å². The van der Waals surface area contributed by atoms with Gasteiger partial charge in [0.2, 0.25) is 5.91 Å². The van der Waals surface area contributed by atoms with Gasteiger partial charge in [-0.2, -0.15) is 5.10 Å². The Hall–Kier alpha value is -2.63. The number of aromatic amines is 1. The van der Waals surface area contributed by atoms with E-state index in [0.29, 0.717) is 24.7 Å². The summed E-state index contributed by atoms with van der Waals surface area (Å²) in [5.74, 6) is 0.381. The van der Waals surface area contributed by atoms with Crippen molar-refractivity contribution < 1.29 is 9.59 Å². The van der Waals surface area contributed by atoms with Crippen LogP contribution in [-0.4, -0.2) is 46.5 Å². The van der Waals surface area contributed by atoms with Crippen molar-refractivity contribution in [2.45, 2.75) is 33.1 Å². The highest BCUT2D eigenvalue weighted by molar-refractivity contribution is 6.01. The van der Waals surface area contributed by atoms with Crippen LogP contribution >= 0.6 is 0 Å². The fraction of sp³-hybridized carbons (Fsp3) is 0.450. The van der Waals surface area contributed by atoms with Gasteiger partial charge < -0.3 is 9.80 Å². The van der Waals surface area contributed by atoms with Crippen molar-refractivity contribution in [3.63, 3.8) is 0 Å². The fourth-order valence-electron chi connectivity index (χ4n) is 3.84. The lowest BCUT2D eigenvalue weighted by Crippen LogP contribution is -2.52. The fourth-order valence-corrected chi connectivity index (χ4v) is 3.84. The SMILES string of the molecule is Cc1ccc(N2CCN(C(=O)c3n[nH]c4c3C[C@H](C)CC4)CC2=O)cc1. The normalized spacial score (nSPS) is 20.2. The van der Waals surface area contributed by atoms with Crippen molar-refractivity contribution in [3.05, 3.63) is 46.8 Å². The van der Waals surface area contributed by atoms with E-state index in [1.165, 1.54) is 0 Å². The van der Waals surface area contributed by atoms with Gasteiger partial charge in [0.05, 0.1) is 0 Å². The summed E-state index contributed by atoms with van der Waals surface area (Å²) >= 11 is 0. The van der Waals surface area contributed by atoms with E-state index in [1.54, 1.807) is 9.80 Å². The highest BCUT2D eigenvalue weighted by atomic mass is 16.2. The number of nitrogens with one attached hydrogen (secondary N) is 1. The monoisotopic (exact) mass is 352 g/mol. The Morgan fingerprint density at radius 3 is 2.73 bits per heavy atom. The Labute approximate surface area is 153 Å². The molecule has 26 heavy (non-hydrogen) atoms. The molecule has 1 aliphatic heterocycles. The lowest BCUT2D eigenvalue weighted by Gasteiger charge is -2.34. The van der Waals surface area contributed by atoms with Gasteiger partial charge in [-0.05, 0) is 44.2 Å². The summed E-state index contributed by atoms with van der Waals surface area (Å²) in [4.78, 5) is 28.9. The summed E-state index contributed by atoms with van der Waals surface area (Å²) in [6.45, 7) is 5.36. The van der Waals surface area contributed by atoms with E-state index in [9.17, 15) is 9.59 Å². The topological polar surface area (TPSA) is 69.3 Å². The van der Waals surface area contributed by atoms with Crippen molar-refractivity contribution in [1.82, 2.24) is 15.1 Å². The van der Waals surface area contributed by atoms with Crippen LogP contribution < -0.4 is 4.90 Å². The molecule has 4 rings (SSSR count). The molecule has 0 unspecified atom stereocenters. The molecule has 6 nitrogen and oxygen atoms in total. The van der Waals surface area contributed by atoms with Gasteiger partial charge in [0.25, 0.3) is 5.91 Å². The Balaban J connectivity index is 1.49. The molecule has 1 aliphatic carbocycles. The van der Waals surface area contributed by atoms with E-state index in [4.69, 9.17) is 0 Å². The molecule has 1 fully saturated rings. The van der Waals surface area contributed by atoms with Crippen molar-refractivity contribution >= 4 is 17.5 Å². The van der Waals surface area contributed by atoms with Crippen LogP contribution in [0.4, 0.5) is 5.69 Å². The van der Waals surface area contributed by atoms with Gasteiger partial charge in [0.1, 0.15) is 6.54 Å². The standard InChI is InChI=1S/C20H24N4O2/c1-13-3-6-15(7-4-13)24-10-9-23(12-18(24)25)20(26)19-16-11-14(2)5-8-17(16)21-22-19/h3-4,6-7,14H,5,8-12H2,1-2H3,(H,21,22)/t14-/m1/s1. The smallest absolute Gasteiger partial charge is 0.275 e. The van der Waals surface area contributed by atoms with Crippen molar-refractivity contribution in [1.29, 1.82) is 0 Å². The Morgan fingerprint density at radius 1 is 1.23 bits per heavy atom. The van der Waals surface area contributed by atoms with Gasteiger partial charge in [0.15, 0.2) is 5.69 Å². The lowest BCUT2D eigenvalue weighted by molar-refractivity contribution is -0.120. The molecular formula is C20H24N4O2. The maximum absolute atomic E-state index is 12.9. The van der Waals surface area contributed by atoms with Crippen molar-refractivity contribution in [3.8, 4) is 0 Å². The highest BCUT2D eigenvalue weighted by Gasteiger charge is 2.32. The zero-order chi connectivity index (χ0) is 18.3.